The lowest BCUT2D eigenvalue weighted by molar-refractivity contribution is 0.769. The van der Waals surface area contributed by atoms with E-state index in [0.29, 0.717) is 6.54 Å². The molecule has 2 nitrogen and oxygen atoms in total. The molecule has 0 fully saturated rings. The summed E-state index contributed by atoms with van der Waals surface area (Å²) in [6, 6.07) is 54.6. The third-order valence-corrected chi connectivity index (χ3v) is 8.12. The topological polar surface area (TPSA) is 38.0 Å². The second-order valence-corrected chi connectivity index (χ2v) is 10.4. The van der Waals surface area contributed by atoms with Crippen molar-refractivity contribution < 1.29 is 0 Å². The Morgan fingerprint density at radius 1 is 0.500 bits per heavy atom. The summed E-state index contributed by atoms with van der Waals surface area (Å²) in [6.45, 7) is 0.509. The Morgan fingerprint density at radius 2 is 1.12 bits per heavy atom. The summed E-state index contributed by atoms with van der Waals surface area (Å²) in [4.78, 5) is 0. The van der Waals surface area contributed by atoms with E-state index in [9.17, 15) is 0 Å². The highest BCUT2D eigenvalue weighted by molar-refractivity contribution is 5.94. The van der Waals surface area contributed by atoms with E-state index in [1.807, 2.05) is 0 Å². The fraction of sp³-hybridized carbons (Fsp3) is 0.0526. The minimum absolute atomic E-state index is 0.435. The molecule has 7 rings (SSSR count). The molecule has 0 aliphatic heterocycles. The molecule has 0 radical (unpaired) electrons. The molecule has 0 unspecified atom stereocenters. The summed E-state index contributed by atoms with van der Waals surface area (Å²) >= 11 is 0. The fourth-order valence-corrected chi connectivity index (χ4v) is 6.38. The first-order valence-corrected chi connectivity index (χ1v) is 13.8. The van der Waals surface area contributed by atoms with Gasteiger partial charge in [-0.3, -0.25) is 0 Å². The maximum Gasteiger partial charge on any atom is 0.0713 e. The van der Waals surface area contributed by atoms with Crippen LogP contribution in [0.1, 0.15) is 27.8 Å². The monoisotopic (exact) mass is 514 g/mol. The summed E-state index contributed by atoms with van der Waals surface area (Å²) in [5.74, 6) is 0. The zero-order chi connectivity index (χ0) is 26.9. The lowest BCUT2D eigenvalue weighted by Gasteiger charge is -2.34. The van der Waals surface area contributed by atoms with Crippen LogP contribution < -0.4 is 11.1 Å². The first kappa shape index (κ1) is 24.1. The molecule has 0 heterocycles. The van der Waals surface area contributed by atoms with Crippen LogP contribution in [-0.4, -0.2) is 0 Å². The van der Waals surface area contributed by atoms with Crippen LogP contribution in [0.2, 0.25) is 0 Å². The van der Waals surface area contributed by atoms with Crippen LogP contribution in [0.15, 0.2) is 152 Å². The zero-order valence-corrected chi connectivity index (χ0v) is 22.2. The summed E-state index contributed by atoms with van der Waals surface area (Å²) in [5, 5.41) is 3.76. The summed E-state index contributed by atoms with van der Waals surface area (Å²) < 4.78 is 0. The Labute approximate surface area is 235 Å². The van der Waals surface area contributed by atoms with Gasteiger partial charge in [0.25, 0.3) is 0 Å². The van der Waals surface area contributed by atoms with E-state index in [1.165, 1.54) is 44.5 Å². The average Bonchev–Trinajstić information content (AvgIpc) is 3.32. The largest absolute Gasteiger partial charge is 0.355 e. The van der Waals surface area contributed by atoms with Crippen LogP contribution in [0.3, 0.4) is 0 Å². The van der Waals surface area contributed by atoms with Crippen molar-refractivity contribution in [2.75, 3.05) is 5.32 Å². The van der Waals surface area contributed by atoms with E-state index in [2.05, 4.69) is 157 Å². The Kier molecular flexibility index (Phi) is 6.03. The van der Waals surface area contributed by atoms with Crippen molar-refractivity contribution in [1.29, 1.82) is 0 Å². The van der Waals surface area contributed by atoms with Gasteiger partial charge in [0, 0.05) is 23.5 Å². The van der Waals surface area contributed by atoms with E-state index >= 15 is 0 Å². The van der Waals surface area contributed by atoms with Gasteiger partial charge in [-0.2, -0.15) is 0 Å². The lowest BCUT2D eigenvalue weighted by atomic mass is 9.67. The number of nitrogens with one attached hydrogen (secondary N) is 1. The van der Waals surface area contributed by atoms with Crippen molar-refractivity contribution in [2.45, 2.75) is 12.0 Å². The van der Waals surface area contributed by atoms with Crippen molar-refractivity contribution in [2.24, 2.45) is 5.73 Å². The van der Waals surface area contributed by atoms with Gasteiger partial charge < -0.3 is 11.1 Å². The van der Waals surface area contributed by atoms with E-state index in [-0.39, 0.29) is 0 Å². The zero-order valence-electron chi connectivity index (χ0n) is 22.2. The summed E-state index contributed by atoms with van der Waals surface area (Å²) in [5.41, 5.74) is 18.7. The third-order valence-electron chi connectivity index (χ3n) is 8.12. The van der Waals surface area contributed by atoms with Gasteiger partial charge in [-0.15, -0.1) is 0 Å². The quantitative estimate of drug-likeness (QED) is 0.232. The van der Waals surface area contributed by atoms with E-state index in [4.69, 9.17) is 5.73 Å². The molecule has 6 aromatic carbocycles. The van der Waals surface area contributed by atoms with Crippen LogP contribution in [-0.2, 0) is 12.0 Å². The van der Waals surface area contributed by atoms with Gasteiger partial charge in [-0.1, -0.05) is 127 Å². The van der Waals surface area contributed by atoms with Crippen molar-refractivity contribution in [3.63, 3.8) is 0 Å². The van der Waals surface area contributed by atoms with Crippen molar-refractivity contribution >= 4 is 11.4 Å². The van der Waals surface area contributed by atoms with Gasteiger partial charge in [-0.25, -0.2) is 0 Å². The van der Waals surface area contributed by atoms with Crippen LogP contribution in [0.5, 0.6) is 0 Å². The van der Waals surface area contributed by atoms with Crippen LogP contribution in [0.25, 0.3) is 22.3 Å². The highest BCUT2D eigenvalue weighted by Crippen LogP contribution is 2.57. The number of fused-ring (bicyclic) bond motifs is 3. The third kappa shape index (κ3) is 3.85. The number of benzene rings is 6. The molecule has 0 amide bonds. The number of anilines is 2. The second kappa shape index (κ2) is 10.00. The molecule has 0 atom stereocenters. The Morgan fingerprint density at radius 3 is 1.80 bits per heavy atom. The van der Waals surface area contributed by atoms with Crippen LogP contribution in [0.4, 0.5) is 11.4 Å². The minimum Gasteiger partial charge on any atom is -0.355 e. The Bertz CT molecular complexity index is 1750. The molecule has 40 heavy (non-hydrogen) atoms. The molecular formula is C38H30N2. The second-order valence-electron chi connectivity index (χ2n) is 10.4. The SMILES string of the molecule is NCc1cccc(Nc2cc3c(cc2-c2ccccc2)C(c2ccccc2)(c2ccccc2)c2ccccc2-3)c1. The molecule has 1 aliphatic rings. The number of hydrogen-bond donors (Lipinski definition) is 2. The maximum absolute atomic E-state index is 5.97. The molecule has 0 aromatic heterocycles. The van der Waals surface area contributed by atoms with E-state index in [0.717, 1.165) is 16.9 Å². The molecule has 1 aliphatic carbocycles. The van der Waals surface area contributed by atoms with E-state index < -0.39 is 5.41 Å². The first-order chi connectivity index (χ1) is 19.8. The van der Waals surface area contributed by atoms with Crippen molar-refractivity contribution in [3.05, 3.63) is 179 Å². The molecule has 0 saturated heterocycles. The Hall–Kier alpha value is -4.92. The Balaban J connectivity index is 1.56. The molecule has 0 spiro atoms. The predicted molar refractivity (Wildman–Crippen MR) is 167 cm³/mol. The van der Waals surface area contributed by atoms with Gasteiger partial charge in [0.15, 0.2) is 0 Å². The first-order valence-electron chi connectivity index (χ1n) is 13.8. The average molecular weight is 515 g/mol. The lowest BCUT2D eigenvalue weighted by Crippen LogP contribution is -2.28. The smallest absolute Gasteiger partial charge is 0.0713 e. The molecule has 3 N–H and O–H groups in total. The van der Waals surface area contributed by atoms with Gasteiger partial charge in [0.05, 0.1) is 5.41 Å². The molecule has 2 heteroatoms. The maximum atomic E-state index is 5.97. The summed E-state index contributed by atoms with van der Waals surface area (Å²) in [7, 11) is 0. The van der Waals surface area contributed by atoms with Crippen molar-refractivity contribution in [1.82, 2.24) is 0 Å². The highest BCUT2D eigenvalue weighted by atomic mass is 14.9. The standard InChI is InChI=1S/C38H30N2/c39-26-27-13-12-20-31(23-27)40-37-25-34-32-21-10-11-22-35(32)38(29-16-6-2-7-17-29,30-18-8-3-9-19-30)36(34)24-33(37)28-14-4-1-5-15-28/h1-25,40H,26,39H2. The predicted octanol–water partition coefficient (Wildman–Crippen LogP) is 8.92. The number of rotatable bonds is 6. The highest BCUT2D eigenvalue weighted by Gasteiger charge is 2.46. The molecule has 0 saturated carbocycles. The number of hydrogen-bond acceptors (Lipinski definition) is 2. The summed E-state index contributed by atoms with van der Waals surface area (Å²) in [6.07, 6.45) is 0. The van der Waals surface area contributed by atoms with Gasteiger partial charge in [0.1, 0.15) is 0 Å². The van der Waals surface area contributed by atoms with Crippen LogP contribution in [0, 0.1) is 0 Å². The van der Waals surface area contributed by atoms with E-state index in [1.54, 1.807) is 0 Å². The molecule has 0 bridgehead atoms. The molecule has 192 valence electrons. The molecular weight excluding hydrogens is 484 g/mol. The molecule has 6 aromatic rings. The normalized spacial score (nSPS) is 12.9. The van der Waals surface area contributed by atoms with Gasteiger partial charge in [-0.05, 0) is 68.8 Å². The minimum atomic E-state index is -0.435. The number of nitrogens with two attached hydrogens (primary N) is 1. The fourth-order valence-electron chi connectivity index (χ4n) is 6.38. The van der Waals surface area contributed by atoms with Crippen LogP contribution >= 0.6 is 0 Å². The van der Waals surface area contributed by atoms with Gasteiger partial charge in [0.2, 0.25) is 0 Å². The van der Waals surface area contributed by atoms with Gasteiger partial charge >= 0.3 is 0 Å². The van der Waals surface area contributed by atoms with Crippen molar-refractivity contribution in [3.8, 4) is 22.3 Å².